The third-order valence-electron chi connectivity index (χ3n) is 4.11. The molecule has 4 N–H and O–H groups in total. The molecule has 0 bridgehead atoms. The van der Waals surface area contributed by atoms with Gasteiger partial charge in [-0.15, -0.1) is 0 Å². The fourth-order valence-electron chi connectivity index (χ4n) is 2.69. The number of nitrogens with one attached hydrogen (secondary N) is 1. The average molecular weight is 370 g/mol. The number of carbonyl (C=O) groups excluding carboxylic acids is 1. The van der Waals surface area contributed by atoms with Crippen LogP contribution in [0, 0.1) is 22.2 Å². The number of aliphatic hydroxyl groups excluding tert-OH is 1. The lowest BCUT2D eigenvalue weighted by atomic mass is 10.1. The fraction of sp³-hybridized carbons (Fsp3) is 0.278. The molecule has 9 nitrogen and oxygen atoms in total. The van der Waals surface area contributed by atoms with Crippen LogP contribution in [0.1, 0.15) is 10.4 Å². The lowest BCUT2D eigenvalue weighted by Crippen LogP contribution is -2.52. The molecule has 0 atom stereocenters. The first-order valence-electron chi connectivity index (χ1n) is 8.24. The van der Waals surface area contributed by atoms with Crippen molar-refractivity contribution in [1.82, 2.24) is 0 Å². The zero-order valence-corrected chi connectivity index (χ0v) is 14.3. The molecule has 1 aliphatic rings. The fourth-order valence-corrected chi connectivity index (χ4v) is 2.69. The van der Waals surface area contributed by atoms with E-state index in [4.69, 9.17) is 15.6 Å². The molecule has 1 aliphatic heterocycles. The van der Waals surface area contributed by atoms with E-state index in [1.807, 2.05) is 11.0 Å². The number of nitro groups is 1. The number of hydrogen-bond acceptors (Lipinski definition) is 7. The Morgan fingerprint density at radius 2 is 2.15 bits per heavy atom. The minimum Gasteiger partial charge on any atom is -0.394 e. The Kier molecular flexibility index (Phi) is 5.40. The summed E-state index contributed by atoms with van der Waals surface area (Å²) in [5.41, 5.74) is 6.67. The predicted molar refractivity (Wildman–Crippen MR) is 98.0 cm³/mol. The van der Waals surface area contributed by atoms with Crippen molar-refractivity contribution in [3.05, 3.63) is 58.1 Å². The Morgan fingerprint density at radius 3 is 2.74 bits per heavy atom. The van der Waals surface area contributed by atoms with Gasteiger partial charge in [0.15, 0.2) is 0 Å². The summed E-state index contributed by atoms with van der Waals surface area (Å²) in [6.45, 7) is 1.71. The Labute approximate surface area is 155 Å². The van der Waals surface area contributed by atoms with Crippen LogP contribution in [-0.2, 0) is 4.74 Å². The second kappa shape index (κ2) is 7.90. The van der Waals surface area contributed by atoms with Gasteiger partial charge in [-0.3, -0.25) is 14.9 Å². The van der Waals surface area contributed by atoms with Gasteiger partial charge in [-0.25, -0.2) is 0 Å². The molecule has 9 heteroatoms. The SMILES string of the molecule is NC(=O)c1ccc([N+](=O)[O-])c(Nc2c#cc(N3CC(OCCO)C3)cc2)c1. The molecule has 0 saturated carbocycles. The van der Waals surface area contributed by atoms with Crippen LogP contribution >= 0.6 is 0 Å². The third kappa shape index (κ3) is 4.25. The van der Waals surface area contributed by atoms with Gasteiger partial charge in [-0.1, -0.05) is 0 Å². The number of nitrogens with zero attached hydrogens (tertiary/aromatic N) is 2. The summed E-state index contributed by atoms with van der Waals surface area (Å²) < 4.78 is 5.42. The Morgan fingerprint density at radius 1 is 1.37 bits per heavy atom. The molecule has 3 rings (SSSR count). The summed E-state index contributed by atoms with van der Waals surface area (Å²) in [5, 5.41) is 22.8. The van der Waals surface area contributed by atoms with Crippen molar-refractivity contribution in [2.24, 2.45) is 5.73 Å². The second-order valence-electron chi connectivity index (χ2n) is 5.98. The summed E-state index contributed by atoms with van der Waals surface area (Å²) in [4.78, 5) is 24.0. The van der Waals surface area contributed by atoms with Crippen LogP contribution in [0.15, 0.2) is 30.3 Å². The number of aliphatic hydroxyl groups is 1. The second-order valence-corrected chi connectivity index (χ2v) is 5.98. The lowest BCUT2D eigenvalue weighted by Gasteiger charge is -2.39. The van der Waals surface area contributed by atoms with Crippen LogP contribution in [0.5, 0.6) is 0 Å². The Hall–Kier alpha value is -3.35. The molecule has 27 heavy (non-hydrogen) atoms. The molecule has 2 aromatic rings. The average Bonchev–Trinajstić information content (AvgIpc) is 2.61. The molecular weight excluding hydrogens is 352 g/mol. The van der Waals surface area contributed by atoms with Crippen LogP contribution in [0.3, 0.4) is 0 Å². The van der Waals surface area contributed by atoms with Gasteiger partial charge in [-0.05, 0) is 36.4 Å². The van der Waals surface area contributed by atoms with E-state index in [0.29, 0.717) is 25.4 Å². The zero-order chi connectivity index (χ0) is 19.4. The van der Waals surface area contributed by atoms with Gasteiger partial charge >= 0.3 is 0 Å². The number of anilines is 3. The first-order chi connectivity index (χ1) is 13.0. The number of nitrogens with two attached hydrogens (primary N) is 1. The van der Waals surface area contributed by atoms with Crippen LogP contribution in [-0.4, -0.2) is 48.3 Å². The number of hydrogen-bond donors (Lipinski definition) is 3. The molecule has 1 heterocycles. The van der Waals surface area contributed by atoms with Crippen molar-refractivity contribution in [3.8, 4) is 0 Å². The van der Waals surface area contributed by atoms with Gasteiger partial charge in [0.2, 0.25) is 5.91 Å². The maximum absolute atomic E-state index is 11.3. The van der Waals surface area contributed by atoms with E-state index in [1.54, 1.807) is 6.07 Å². The Bertz CT molecular complexity index is 834. The van der Waals surface area contributed by atoms with Gasteiger partial charge < -0.3 is 25.8 Å². The number of primary amides is 1. The third-order valence-corrected chi connectivity index (χ3v) is 4.11. The number of ether oxygens (including phenoxy) is 1. The predicted octanol–water partition coefficient (Wildman–Crippen LogP) is 1.24. The first kappa shape index (κ1) is 18.4. The van der Waals surface area contributed by atoms with Crippen LogP contribution in [0.25, 0.3) is 0 Å². The van der Waals surface area contributed by atoms with Gasteiger partial charge in [0.25, 0.3) is 5.69 Å². The number of carbonyl (C=O) groups is 1. The van der Waals surface area contributed by atoms with Crippen molar-refractivity contribution in [2.75, 3.05) is 36.5 Å². The number of amides is 1. The van der Waals surface area contributed by atoms with E-state index in [2.05, 4.69) is 17.4 Å². The van der Waals surface area contributed by atoms with Gasteiger partial charge in [-0.2, -0.15) is 0 Å². The standard InChI is InChI=1S/C18H18N4O5/c19-18(24)12-1-6-17(22(25)26)16(9-12)20-13-2-4-14(5-3-13)21-10-15(11-21)27-8-7-23/h1-2,4,6,9,15,20,23H,7-8,10-11H2,(H2,19,24). The molecule has 0 aromatic heterocycles. The summed E-state index contributed by atoms with van der Waals surface area (Å²) in [6.07, 6.45) is 0.0857. The molecule has 0 spiro atoms. The molecule has 1 saturated heterocycles. The molecule has 0 unspecified atom stereocenters. The van der Waals surface area contributed by atoms with E-state index in [9.17, 15) is 14.9 Å². The molecule has 140 valence electrons. The number of benzene rings is 1. The van der Waals surface area contributed by atoms with E-state index in [0.717, 1.165) is 5.69 Å². The van der Waals surface area contributed by atoms with Crippen molar-refractivity contribution in [2.45, 2.75) is 6.10 Å². The lowest BCUT2D eigenvalue weighted by molar-refractivity contribution is -0.383. The monoisotopic (exact) mass is 370 g/mol. The van der Waals surface area contributed by atoms with Crippen LogP contribution in [0.4, 0.5) is 22.7 Å². The first-order valence-corrected chi connectivity index (χ1v) is 8.24. The largest absolute Gasteiger partial charge is 0.394 e. The summed E-state index contributed by atoms with van der Waals surface area (Å²) in [6, 6.07) is 13.3. The highest BCUT2D eigenvalue weighted by Gasteiger charge is 2.27. The van der Waals surface area contributed by atoms with Crippen molar-refractivity contribution < 1.29 is 19.6 Å². The molecule has 1 fully saturated rings. The van der Waals surface area contributed by atoms with Gasteiger partial charge in [0.05, 0.1) is 35.6 Å². The van der Waals surface area contributed by atoms with E-state index in [-0.39, 0.29) is 29.6 Å². The van der Waals surface area contributed by atoms with Crippen molar-refractivity contribution >= 4 is 28.7 Å². The summed E-state index contributed by atoms with van der Waals surface area (Å²) in [5.74, 6) is -0.672. The van der Waals surface area contributed by atoms with Crippen molar-refractivity contribution in [3.63, 3.8) is 0 Å². The zero-order valence-electron chi connectivity index (χ0n) is 14.3. The van der Waals surface area contributed by atoms with Crippen LogP contribution in [0.2, 0.25) is 0 Å². The maximum Gasteiger partial charge on any atom is 0.292 e. The number of nitro benzene ring substituents is 1. The molecule has 0 radical (unpaired) electrons. The van der Waals surface area contributed by atoms with E-state index in [1.165, 1.54) is 18.2 Å². The molecule has 2 aromatic carbocycles. The van der Waals surface area contributed by atoms with Gasteiger partial charge in [0.1, 0.15) is 5.69 Å². The minimum atomic E-state index is -0.672. The number of rotatable bonds is 8. The summed E-state index contributed by atoms with van der Waals surface area (Å²) >= 11 is 0. The molecular formula is C18H18N4O5. The maximum atomic E-state index is 11.3. The summed E-state index contributed by atoms with van der Waals surface area (Å²) in [7, 11) is 0. The topological polar surface area (TPSA) is 131 Å². The minimum absolute atomic E-state index is 0.000139. The molecule has 0 aliphatic carbocycles. The highest BCUT2D eigenvalue weighted by atomic mass is 16.6. The van der Waals surface area contributed by atoms with E-state index < -0.39 is 10.8 Å². The van der Waals surface area contributed by atoms with Crippen LogP contribution < -0.4 is 16.0 Å². The normalized spacial score (nSPS) is 13.6. The Balaban J connectivity index is 1.69. The highest BCUT2D eigenvalue weighted by molar-refractivity contribution is 5.95. The van der Waals surface area contributed by atoms with E-state index >= 15 is 0 Å². The highest BCUT2D eigenvalue weighted by Crippen LogP contribution is 2.29. The smallest absolute Gasteiger partial charge is 0.292 e. The quantitative estimate of drug-likeness (QED) is 0.470. The van der Waals surface area contributed by atoms with Crippen molar-refractivity contribution in [1.29, 1.82) is 0 Å². The van der Waals surface area contributed by atoms with Gasteiger partial charge in [0, 0.05) is 24.7 Å². The molecule has 1 amide bonds.